The third-order valence-electron chi connectivity index (χ3n) is 3.77. The maximum Gasteiger partial charge on any atom is 0.417 e. The second kappa shape index (κ2) is 7.16. The molecule has 0 nitrogen and oxygen atoms in total. The van der Waals surface area contributed by atoms with Gasteiger partial charge in [0.05, 0.1) is 5.57 Å². The number of alkyl halides is 3. The minimum absolute atomic E-state index is 0.113. The quantitative estimate of drug-likeness (QED) is 0.448. The van der Waals surface area contributed by atoms with Crippen molar-refractivity contribution in [1.29, 1.82) is 0 Å². The Bertz CT molecular complexity index is 882. The molecule has 0 saturated heterocycles. The zero-order chi connectivity index (χ0) is 17.9. The zero-order valence-electron chi connectivity index (χ0n) is 13.1. The van der Waals surface area contributed by atoms with Gasteiger partial charge < -0.3 is 0 Å². The van der Waals surface area contributed by atoms with E-state index in [0.717, 1.165) is 0 Å². The van der Waals surface area contributed by atoms with Crippen LogP contribution in [-0.2, 0) is 0 Å². The van der Waals surface area contributed by atoms with Gasteiger partial charge in [0.1, 0.15) is 0 Å². The van der Waals surface area contributed by atoms with Crippen LogP contribution in [0.2, 0.25) is 5.02 Å². The average molecular weight is 359 g/mol. The van der Waals surface area contributed by atoms with Gasteiger partial charge in [-0.1, -0.05) is 84.4 Å². The smallest absolute Gasteiger partial charge is 0.166 e. The second-order valence-corrected chi connectivity index (χ2v) is 5.93. The van der Waals surface area contributed by atoms with Crippen LogP contribution in [0.1, 0.15) is 16.7 Å². The molecule has 0 aliphatic rings. The Labute approximate surface area is 149 Å². The molecule has 0 spiro atoms. The van der Waals surface area contributed by atoms with Crippen molar-refractivity contribution in [3.05, 3.63) is 107 Å². The molecule has 3 aromatic carbocycles. The molecular weight excluding hydrogens is 345 g/mol. The van der Waals surface area contributed by atoms with E-state index in [4.69, 9.17) is 11.6 Å². The summed E-state index contributed by atoms with van der Waals surface area (Å²) >= 11 is 6.04. The minimum atomic E-state index is -4.52. The Morgan fingerprint density at radius 3 is 1.68 bits per heavy atom. The van der Waals surface area contributed by atoms with E-state index in [0.29, 0.717) is 16.1 Å². The molecule has 0 amide bonds. The molecular formula is C21H14ClF3. The maximum atomic E-state index is 14.0. The van der Waals surface area contributed by atoms with E-state index >= 15 is 0 Å². The van der Waals surface area contributed by atoms with Crippen molar-refractivity contribution in [2.75, 3.05) is 0 Å². The van der Waals surface area contributed by atoms with Crippen molar-refractivity contribution >= 4 is 22.7 Å². The fraction of sp³-hybridized carbons (Fsp3) is 0.0476. The number of rotatable bonds is 3. The second-order valence-electron chi connectivity index (χ2n) is 5.49. The van der Waals surface area contributed by atoms with E-state index in [2.05, 4.69) is 0 Å². The Kier molecular flexibility index (Phi) is 4.95. The van der Waals surface area contributed by atoms with Crippen molar-refractivity contribution in [1.82, 2.24) is 0 Å². The lowest BCUT2D eigenvalue weighted by atomic mass is 9.89. The molecule has 0 N–H and O–H groups in total. The predicted octanol–water partition coefficient (Wildman–Crippen LogP) is 6.86. The van der Waals surface area contributed by atoms with E-state index in [1.807, 2.05) is 0 Å². The van der Waals surface area contributed by atoms with Gasteiger partial charge in [-0.3, -0.25) is 0 Å². The summed E-state index contributed by atoms with van der Waals surface area (Å²) in [5.74, 6) is 0. The highest BCUT2D eigenvalue weighted by atomic mass is 35.5. The lowest BCUT2D eigenvalue weighted by molar-refractivity contribution is -0.0685. The Balaban J connectivity index is 2.39. The van der Waals surface area contributed by atoms with Gasteiger partial charge in [0, 0.05) is 10.6 Å². The highest BCUT2D eigenvalue weighted by Gasteiger charge is 2.38. The minimum Gasteiger partial charge on any atom is -0.166 e. The molecule has 0 aliphatic heterocycles. The summed E-state index contributed by atoms with van der Waals surface area (Å²) in [4.78, 5) is 0. The van der Waals surface area contributed by atoms with Crippen molar-refractivity contribution in [3.8, 4) is 0 Å². The lowest BCUT2D eigenvalue weighted by Gasteiger charge is -2.19. The van der Waals surface area contributed by atoms with Crippen LogP contribution in [0, 0.1) is 0 Å². The molecule has 0 saturated carbocycles. The summed E-state index contributed by atoms with van der Waals surface area (Å²) in [7, 11) is 0. The zero-order valence-corrected chi connectivity index (χ0v) is 13.9. The number of halogens is 4. The normalized spacial score (nSPS) is 12.6. The molecule has 0 bridgehead atoms. The largest absolute Gasteiger partial charge is 0.417 e. The number of benzene rings is 3. The van der Waals surface area contributed by atoms with Crippen LogP contribution in [0.3, 0.4) is 0 Å². The molecule has 0 aromatic heterocycles. The van der Waals surface area contributed by atoms with E-state index in [-0.39, 0.29) is 11.1 Å². The molecule has 126 valence electrons. The summed E-state index contributed by atoms with van der Waals surface area (Å²) in [5.41, 5.74) is 0.466. The third-order valence-corrected chi connectivity index (χ3v) is 4.01. The van der Waals surface area contributed by atoms with Crippen molar-refractivity contribution in [2.45, 2.75) is 6.18 Å². The van der Waals surface area contributed by atoms with Gasteiger partial charge in [-0.25, -0.2) is 0 Å². The number of allylic oxidation sites excluding steroid dienone is 1. The highest BCUT2D eigenvalue weighted by molar-refractivity contribution is 6.30. The summed E-state index contributed by atoms with van der Waals surface area (Å²) in [5, 5.41) is 0.389. The third kappa shape index (κ3) is 3.94. The molecule has 0 heterocycles. The Hall–Kier alpha value is -2.52. The molecule has 0 radical (unpaired) electrons. The summed E-state index contributed by atoms with van der Waals surface area (Å²) in [6, 6.07) is 22.9. The highest BCUT2D eigenvalue weighted by Crippen LogP contribution is 2.42. The van der Waals surface area contributed by atoms with E-state index in [1.165, 1.54) is 12.1 Å². The Morgan fingerprint density at radius 1 is 0.640 bits per heavy atom. The number of hydrogen-bond acceptors (Lipinski definition) is 0. The Morgan fingerprint density at radius 2 is 1.16 bits per heavy atom. The molecule has 0 unspecified atom stereocenters. The van der Waals surface area contributed by atoms with Crippen LogP contribution in [0.15, 0.2) is 84.9 Å². The van der Waals surface area contributed by atoms with Gasteiger partial charge in [0.2, 0.25) is 0 Å². The van der Waals surface area contributed by atoms with Gasteiger partial charge in [0.15, 0.2) is 0 Å². The predicted molar refractivity (Wildman–Crippen MR) is 96.3 cm³/mol. The van der Waals surface area contributed by atoms with Gasteiger partial charge in [-0.2, -0.15) is 13.2 Å². The first-order chi connectivity index (χ1) is 12.0. The fourth-order valence-corrected chi connectivity index (χ4v) is 2.95. The molecule has 0 atom stereocenters. The van der Waals surface area contributed by atoms with Crippen molar-refractivity contribution in [3.63, 3.8) is 0 Å². The molecule has 4 heteroatoms. The van der Waals surface area contributed by atoms with E-state index < -0.39 is 11.7 Å². The number of hydrogen-bond donors (Lipinski definition) is 0. The fourth-order valence-electron chi connectivity index (χ4n) is 2.76. The van der Waals surface area contributed by atoms with E-state index in [9.17, 15) is 13.2 Å². The lowest BCUT2D eigenvalue weighted by Crippen LogP contribution is -2.13. The first-order valence-electron chi connectivity index (χ1n) is 7.65. The van der Waals surface area contributed by atoms with Crippen molar-refractivity contribution < 1.29 is 13.2 Å². The molecule has 25 heavy (non-hydrogen) atoms. The van der Waals surface area contributed by atoms with Crippen molar-refractivity contribution in [2.24, 2.45) is 0 Å². The monoisotopic (exact) mass is 358 g/mol. The molecule has 3 aromatic rings. The van der Waals surface area contributed by atoms with Crippen LogP contribution in [-0.4, -0.2) is 6.18 Å². The molecule has 0 aliphatic carbocycles. The first kappa shape index (κ1) is 17.3. The SMILES string of the molecule is FC(F)(F)/C(=C(\c1ccccc1)c1cccc(Cl)c1)c1ccccc1. The van der Waals surface area contributed by atoms with Crippen LogP contribution in [0.5, 0.6) is 0 Å². The summed E-state index contributed by atoms with van der Waals surface area (Å²) < 4.78 is 42.1. The van der Waals surface area contributed by atoms with Crippen LogP contribution in [0.4, 0.5) is 13.2 Å². The van der Waals surface area contributed by atoms with Gasteiger partial charge in [-0.05, 0) is 28.8 Å². The van der Waals surface area contributed by atoms with Crippen LogP contribution >= 0.6 is 11.6 Å². The standard InChI is InChI=1S/C21H14ClF3/c22-18-13-7-12-17(14-18)19(15-8-3-1-4-9-15)20(21(23,24)25)16-10-5-2-6-11-16/h1-14H/b20-19+. The topological polar surface area (TPSA) is 0 Å². The first-order valence-corrected chi connectivity index (χ1v) is 8.03. The van der Waals surface area contributed by atoms with Gasteiger partial charge in [-0.15, -0.1) is 0 Å². The molecule has 3 rings (SSSR count). The summed E-state index contributed by atoms with van der Waals surface area (Å²) in [6.45, 7) is 0. The van der Waals surface area contributed by atoms with Crippen LogP contribution in [0.25, 0.3) is 11.1 Å². The maximum absolute atomic E-state index is 14.0. The average Bonchev–Trinajstić information content (AvgIpc) is 2.60. The van der Waals surface area contributed by atoms with Crippen LogP contribution < -0.4 is 0 Å². The summed E-state index contributed by atoms with van der Waals surface area (Å²) in [6.07, 6.45) is -4.52. The van der Waals surface area contributed by atoms with E-state index in [1.54, 1.807) is 72.8 Å². The van der Waals surface area contributed by atoms with Gasteiger partial charge >= 0.3 is 6.18 Å². The van der Waals surface area contributed by atoms with Gasteiger partial charge in [0.25, 0.3) is 0 Å². The molecule has 0 fully saturated rings.